The maximum atomic E-state index is 13.4. The minimum absolute atomic E-state index is 0.0235. The fraction of sp³-hybridized carbons (Fsp3) is 0.360. The summed E-state index contributed by atoms with van der Waals surface area (Å²) in [6.07, 6.45) is 2.28. The van der Waals surface area contributed by atoms with Crippen LogP contribution in [0.15, 0.2) is 53.3 Å². The number of rotatable bonds is 7. The van der Waals surface area contributed by atoms with Gasteiger partial charge in [0.2, 0.25) is 24.1 Å². The first-order valence-electron chi connectivity index (χ1n) is 11.4. The van der Waals surface area contributed by atoms with E-state index in [1.807, 2.05) is 49.5 Å². The van der Waals surface area contributed by atoms with Gasteiger partial charge >= 0.3 is 0 Å². The van der Waals surface area contributed by atoms with E-state index in [1.165, 1.54) is 6.39 Å². The van der Waals surface area contributed by atoms with E-state index in [9.17, 15) is 14.7 Å². The van der Waals surface area contributed by atoms with E-state index >= 15 is 0 Å². The minimum Gasteiger partial charge on any atom is -0.423 e. The molecule has 1 fully saturated rings. The summed E-state index contributed by atoms with van der Waals surface area (Å²) in [6.45, 7) is 1.98. The molecule has 2 amide bonds. The van der Waals surface area contributed by atoms with Crippen LogP contribution >= 0.6 is 0 Å². The van der Waals surface area contributed by atoms with Crippen LogP contribution in [-0.4, -0.2) is 69.7 Å². The maximum Gasteiger partial charge on any atom is 0.247 e. The predicted molar refractivity (Wildman–Crippen MR) is 125 cm³/mol. The minimum atomic E-state index is -0.340. The largest absolute Gasteiger partial charge is 0.423 e. The second kappa shape index (κ2) is 9.36. The van der Waals surface area contributed by atoms with Gasteiger partial charge in [0.15, 0.2) is 0 Å². The van der Waals surface area contributed by atoms with E-state index in [4.69, 9.17) is 4.42 Å². The smallest absolute Gasteiger partial charge is 0.247 e. The highest BCUT2D eigenvalue weighted by Crippen LogP contribution is 2.29. The Kier molecular flexibility index (Phi) is 6.12. The Morgan fingerprint density at radius 3 is 2.97 bits per heavy atom. The van der Waals surface area contributed by atoms with Gasteiger partial charge in [-0.05, 0) is 41.3 Å². The van der Waals surface area contributed by atoms with E-state index in [2.05, 4.69) is 20.4 Å². The predicted octanol–water partition coefficient (Wildman–Crippen LogP) is 2.04. The lowest BCUT2D eigenvalue weighted by Crippen LogP contribution is -2.39. The second-order valence-corrected chi connectivity index (χ2v) is 8.99. The maximum absolute atomic E-state index is 13.4. The number of fused-ring (bicyclic) bond motifs is 1. The van der Waals surface area contributed by atoms with Crippen molar-refractivity contribution in [1.29, 1.82) is 0 Å². The zero-order valence-corrected chi connectivity index (χ0v) is 19.0. The standard InChI is InChI=1S/C25H27N5O4/c1-29(24(33)10-16-5-6-17-12-23(32)27-21(17)9-16)22(14-30-8-7-20(31)13-30)18-3-2-4-19(11-18)25-28-26-15-34-25/h2-6,9,11,15,20,22,31H,7-8,10,12-14H2,1H3,(H,27,32)/t20?,22-/m1/s1. The molecule has 1 aromatic heterocycles. The van der Waals surface area contributed by atoms with E-state index in [1.54, 1.807) is 4.90 Å². The fourth-order valence-electron chi connectivity index (χ4n) is 4.70. The molecular weight excluding hydrogens is 434 g/mol. The van der Waals surface area contributed by atoms with Crippen LogP contribution in [0.1, 0.15) is 29.2 Å². The molecule has 176 valence electrons. The highest BCUT2D eigenvalue weighted by atomic mass is 16.4. The van der Waals surface area contributed by atoms with Gasteiger partial charge in [-0.15, -0.1) is 10.2 Å². The molecule has 3 heterocycles. The summed E-state index contributed by atoms with van der Waals surface area (Å²) in [6, 6.07) is 13.3. The van der Waals surface area contributed by atoms with Gasteiger partial charge in [-0.1, -0.05) is 24.3 Å². The topological polar surface area (TPSA) is 112 Å². The third-order valence-electron chi connectivity index (χ3n) is 6.57. The lowest BCUT2D eigenvalue weighted by Gasteiger charge is -2.32. The number of likely N-dealkylation sites (N-methyl/N-ethyl adjacent to an activating group) is 1. The Hall–Kier alpha value is -3.56. The van der Waals surface area contributed by atoms with E-state index in [0.717, 1.165) is 40.9 Å². The average Bonchev–Trinajstić information content (AvgIpc) is 3.57. The molecule has 0 spiro atoms. The van der Waals surface area contributed by atoms with E-state index < -0.39 is 0 Å². The molecule has 0 radical (unpaired) electrons. The number of aliphatic hydroxyl groups is 1. The number of anilines is 1. The van der Waals surface area contributed by atoms with Crippen molar-refractivity contribution in [3.63, 3.8) is 0 Å². The van der Waals surface area contributed by atoms with Crippen LogP contribution in [0.25, 0.3) is 11.5 Å². The molecule has 5 rings (SSSR count). The van der Waals surface area contributed by atoms with Gasteiger partial charge in [-0.3, -0.25) is 14.5 Å². The van der Waals surface area contributed by atoms with Crippen molar-refractivity contribution in [2.45, 2.75) is 31.4 Å². The zero-order chi connectivity index (χ0) is 23.7. The molecule has 34 heavy (non-hydrogen) atoms. The number of β-amino-alcohol motifs (C(OH)–C–C–N with tert-alkyl or cyclic N) is 1. The highest BCUT2D eigenvalue weighted by molar-refractivity contribution is 5.99. The van der Waals surface area contributed by atoms with Crippen molar-refractivity contribution in [3.05, 3.63) is 65.5 Å². The lowest BCUT2D eigenvalue weighted by atomic mass is 10.0. The van der Waals surface area contributed by atoms with Crippen LogP contribution in [0.2, 0.25) is 0 Å². The number of hydrogen-bond donors (Lipinski definition) is 2. The van der Waals surface area contributed by atoms with E-state index in [0.29, 0.717) is 25.4 Å². The number of nitrogens with one attached hydrogen (secondary N) is 1. The third-order valence-corrected chi connectivity index (χ3v) is 6.57. The second-order valence-electron chi connectivity index (χ2n) is 8.99. The Morgan fingerprint density at radius 1 is 1.32 bits per heavy atom. The number of nitrogens with zero attached hydrogens (tertiary/aromatic N) is 4. The molecule has 1 unspecified atom stereocenters. The van der Waals surface area contributed by atoms with Gasteiger partial charge < -0.3 is 19.7 Å². The Bertz CT molecular complexity index is 1200. The number of benzene rings is 2. The van der Waals surface area contributed by atoms with Crippen molar-refractivity contribution in [3.8, 4) is 11.5 Å². The number of carbonyl (C=O) groups excluding carboxylic acids is 2. The van der Waals surface area contributed by atoms with Crippen molar-refractivity contribution in [1.82, 2.24) is 20.0 Å². The summed E-state index contributed by atoms with van der Waals surface area (Å²) >= 11 is 0. The number of hydrogen-bond acceptors (Lipinski definition) is 7. The first kappa shape index (κ1) is 22.2. The average molecular weight is 462 g/mol. The summed E-state index contributed by atoms with van der Waals surface area (Å²) in [5, 5.41) is 20.6. The molecule has 9 nitrogen and oxygen atoms in total. The number of amides is 2. The molecule has 0 bridgehead atoms. The summed E-state index contributed by atoms with van der Waals surface area (Å²) in [5.41, 5.74) is 4.34. The molecule has 0 aliphatic carbocycles. The highest BCUT2D eigenvalue weighted by Gasteiger charge is 2.29. The van der Waals surface area contributed by atoms with Crippen LogP contribution in [-0.2, 0) is 22.4 Å². The lowest BCUT2D eigenvalue weighted by molar-refractivity contribution is -0.131. The monoisotopic (exact) mass is 461 g/mol. The van der Waals surface area contributed by atoms with Gasteiger partial charge in [-0.2, -0.15) is 0 Å². The summed E-state index contributed by atoms with van der Waals surface area (Å²) < 4.78 is 5.36. The zero-order valence-electron chi connectivity index (χ0n) is 19.0. The Morgan fingerprint density at radius 2 is 2.21 bits per heavy atom. The molecule has 9 heteroatoms. The number of aromatic nitrogens is 2. The first-order valence-corrected chi connectivity index (χ1v) is 11.4. The number of aliphatic hydroxyl groups excluding tert-OH is 1. The van der Waals surface area contributed by atoms with Crippen molar-refractivity contribution >= 4 is 17.5 Å². The molecule has 2 atom stereocenters. The summed E-state index contributed by atoms with van der Waals surface area (Å²) in [4.78, 5) is 29.0. The van der Waals surface area contributed by atoms with Crippen LogP contribution in [0.4, 0.5) is 5.69 Å². The summed E-state index contributed by atoms with van der Waals surface area (Å²) in [5.74, 6) is 0.369. The van der Waals surface area contributed by atoms with Gasteiger partial charge in [0.1, 0.15) is 0 Å². The first-order chi connectivity index (χ1) is 16.5. The van der Waals surface area contributed by atoms with Crippen LogP contribution in [0, 0.1) is 0 Å². The van der Waals surface area contributed by atoms with Crippen molar-refractivity contribution in [2.24, 2.45) is 0 Å². The SMILES string of the molecule is CN(C(=O)Cc1ccc2c(c1)NC(=O)C2)[C@H](CN1CCC(O)C1)c1cccc(-c2nnco2)c1. The Balaban J connectivity index is 1.38. The molecule has 2 aliphatic heterocycles. The molecule has 1 saturated heterocycles. The van der Waals surface area contributed by atoms with Gasteiger partial charge in [0, 0.05) is 37.9 Å². The Labute approximate surface area is 197 Å². The molecule has 0 saturated carbocycles. The number of carbonyl (C=O) groups is 2. The third kappa shape index (κ3) is 4.71. The van der Waals surface area contributed by atoms with Gasteiger partial charge in [-0.25, -0.2) is 0 Å². The van der Waals surface area contributed by atoms with Crippen LogP contribution < -0.4 is 5.32 Å². The molecular formula is C25H27N5O4. The summed E-state index contributed by atoms with van der Waals surface area (Å²) in [7, 11) is 1.81. The van der Waals surface area contributed by atoms with Crippen LogP contribution in [0.5, 0.6) is 0 Å². The van der Waals surface area contributed by atoms with Crippen LogP contribution in [0.3, 0.4) is 0 Å². The van der Waals surface area contributed by atoms with Crippen molar-refractivity contribution < 1.29 is 19.1 Å². The van der Waals surface area contributed by atoms with Crippen molar-refractivity contribution in [2.75, 3.05) is 32.0 Å². The van der Waals surface area contributed by atoms with E-state index in [-0.39, 0.29) is 30.4 Å². The molecule has 2 aromatic carbocycles. The normalized spacial score (nSPS) is 18.5. The fourth-order valence-corrected chi connectivity index (χ4v) is 4.70. The molecule has 3 aromatic rings. The molecule has 2 N–H and O–H groups in total. The quantitative estimate of drug-likeness (QED) is 0.554. The van der Waals surface area contributed by atoms with Gasteiger partial charge in [0.05, 0.1) is 25.0 Å². The number of likely N-dealkylation sites (tertiary alicyclic amines) is 1. The van der Waals surface area contributed by atoms with Gasteiger partial charge in [0.25, 0.3) is 0 Å². The molecule has 2 aliphatic rings.